The van der Waals surface area contributed by atoms with Crippen LogP contribution in [0.2, 0.25) is 0 Å². The number of rotatable bonds is 9. The second-order valence-corrected chi connectivity index (χ2v) is 4.47. The molecule has 0 amide bonds. The minimum absolute atomic E-state index is 0.0399. The fourth-order valence-electron chi connectivity index (χ4n) is 1.06. The van der Waals surface area contributed by atoms with Crippen molar-refractivity contribution in [3.05, 3.63) is 0 Å². The van der Waals surface area contributed by atoms with Crippen molar-refractivity contribution in [1.29, 1.82) is 0 Å². The van der Waals surface area contributed by atoms with Crippen LogP contribution in [-0.2, 0) is 14.2 Å². The number of hydrogen-bond acceptors (Lipinski definition) is 7. The van der Waals surface area contributed by atoms with Crippen molar-refractivity contribution in [2.75, 3.05) is 26.8 Å². The first-order valence-corrected chi connectivity index (χ1v) is 7.44. The van der Waals surface area contributed by atoms with Gasteiger partial charge >= 0.3 is 0 Å². The Hall–Kier alpha value is -0.280. The van der Waals surface area contributed by atoms with Gasteiger partial charge in [-0.2, -0.15) is 0 Å². The van der Waals surface area contributed by atoms with E-state index in [1.54, 1.807) is 0 Å². The molecular formula is C14H32O7. The lowest BCUT2D eigenvalue weighted by Gasteiger charge is -2.12. The maximum Gasteiger partial charge on any atom is 0.157 e. The second-order valence-electron chi connectivity index (χ2n) is 4.47. The van der Waals surface area contributed by atoms with E-state index in [0.29, 0.717) is 18.9 Å². The van der Waals surface area contributed by atoms with Crippen LogP contribution in [0.15, 0.2) is 0 Å². The molecule has 3 atom stereocenters. The highest BCUT2D eigenvalue weighted by atomic mass is 16.7. The van der Waals surface area contributed by atoms with E-state index in [9.17, 15) is 0 Å². The van der Waals surface area contributed by atoms with Crippen molar-refractivity contribution in [2.45, 2.75) is 65.0 Å². The predicted octanol–water partition coefficient (Wildman–Crippen LogP) is 0.590. The minimum atomic E-state index is -0.750. The zero-order valence-electron chi connectivity index (χ0n) is 13.4. The van der Waals surface area contributed by atoms with E-state index in [1.165, 1.54) is 6.42 Å². The Kier molecular flexibility index (Phi) is 19.5. The largest absolute Gasteiger partial charge is 0.391 e. The van der Waals surface area contributed by atoms with Crippen molar-refractivity contribution in [2.24, 2.45) is 0 Å². The van der Waals surface area contributed by atoms with Crippen LogP contribution >= 0.6 is 0 Å². The van der Waals surface area contributed by atoms with E-state index in [-0.39, 0.29) is 13.4 Å². The van der Waals surface area contributed by atoms with Crippen molar-refractivity contribution in [3.63, 3.8) is 0 Å². The molecule has 1 fully saturated rings. The lowest BCUT2D eigenvalue weighted by Crippen LogP contribution is -2.18. The third kappa shape index (κ3) is 22.1. The number of ether oxygens (including phenoxy) is 3. The molecule has 1 saturated heterocycles. The molecular weight excluding hydrogens is 280 g/mol. The first-order valence-electron chi connectivity index (χ1n) is 7.44. The Bertz CT molecular complexity index is 188. The highest BCUT2D eigenvalue weighted by molar-refractivity contribution is 4.64. The molecule has 0 aromatic rings. The quantitative estimate of drug-likeness (QED) is 0.280. The SMILES string of the molecule is CCC1CO1.CCCC(O)OCOCC(O)CC.OCO. The molecule has 0 radical (unpaired) electrons. The molecule has 1 rings (SSSR count). The smallest absolute Gasteiger partial charge is 0.157 e. The van der Waals surface area contributed by atoms with Gasteiger partial charge in [-0.15, -0.1) is 0 Å². The third-order valence-electron chi connectivity index (χ3n) is 2.52. The molecule has 0 bridgehead atoms. The van der Waals surface area contributed by atoms with Gasteiger partial charge in [0.25, 0.3) is 0 Å². The summed E-state index contributed by atoms with van der Waals surface area (Å²) >= 11 is 0. The molecule has 1 aliphatic rings. The van der Waals surface area contributed by atoms with E-state index in [2.05, 4.69) is 6.92 Å². The summed E-state index contributed by atoms with van der Waals surface area (Å²) in [5, 5.41) is 32.4. The summed E-state index contributed by atoms with van der Waals surface area (Å²) in [6.07, 6.45) is 2.79. The van der Waals surface area contributed by atoms with Crippen molar-refractivity contribution >= 4 is 0 Å². The molecule has 130 valence electrons. The second kappa shape index (κ2) is 17.8. The lowest BCUT2D eigenvalue weighted by atomic mass is 10.3. The molecule has 21 heavy (non-hydrogen) atoms. The topological polar surface area (TPSA) is 112 Å². The maximum absolute atomic E-state index is 9.11. The van der Waals surface area contributed by atoms with E-state index >= 15 is 0 Å². The van der Waals surface area contributed by atoms with Gasteiger partial charge in [-0.3, -0.25) is 0 Å². The molecule has 1 heterocycles. The molecule has 0 aromatic heterocycles. The average molecular weight is 312 g/mol. The summed E-state index contributed by atoms with van der Waals surface area (Å²) in [6, 6.07) is 0. The molecule has 7 heteroatoms. The number of epoxide rings is 1. The highest BCUT2D eigenvalue weighted by Crippen LogP contribution is 2.10. The summed E-state index contributed by atoms with van der Waals surface area (Å²) in [4.78, 5) is 0. The van der Waals surface area contributed by atoms with Gasteiger partial charge in [0.15, 0.2) is 6.29 Å². The number of hydrogen-bond donors (Lipinski definition) is 4. The zero-order chi connectivity index (χ0) is 16.5. The van der Waals surface area contributed by atoms with Gasteiger partial charge in [-0.1, -0.05) is 27.2 Å². The van der Waals surface area contributed by atoms with Crippen LogP contribution in [0.3, 0.4) is 0 Å². The van der Waals surface area contributed by atoms with Gasteiger partial charge in [0.2, 0.25) is 0 Å². The Morgan fingerprint density at radius 3 is 2.10 bits per heavy atom. The Balaban J connectivity index is 0. The Morgan fingerprint density at radius 2 is 1.76 bits per heavy atom. The molecule has 1 aliphatic heterocycles. The standard InChI is InChI=1S/C9H20O4.C4H8O.CH4O2/c1-3-5-9(11)13-7-12-6-8(10)4-2;1-2-4-3-5-4;2-1-3/h8-11H,3-7H2,1-2H3;4H,2-3H2,1H3;2-3H,1H2. The molecule has 3 unspecified atom stereocenters. The first kappa shape index (κ1) is 23.0. The zero-order valence-corrected chi connectivity index (χ0v) is 13.4. The molecule has 0 aromatic carbocycles. The van der Waals surface area contributed by atoms with Gasteiger partial charge in [-0.05, 0) is 19.3 Å². The fourth-order valence-corrected chi connectivity index (χ4v) is 1.06. The fraction of sp³-hybridized carbons (Fsp3) is 1.00. The van der Waals surface area contributed by atoms with Crippen LogP contribution < -0.4 is 0 Å². The molecule has 7 nitrogen and oxygen atoms in total. The third-order valence-corrected chi connectivity index (χ3v) is 2.52. The minimum Gasteiger partial charge on any atom is -0.391 e. The van der Waals surface area contributed by atoms with Crippen LogP contribution in [0.4, 0.5) is 0 Å². The predicted molar refractivity (Wildman–Crippen MR) is 78.5 cm³/mol. The van der Waals surface area contributed by atoms with E-state index < -0.39 is 19.2 Å². The first-order chi connectivity index (χ1) is 10.0. The van der Waals surface area contributed by atoms with Gasteiger partial charge in [-0.25, -0.2) is 0 Å². The number of aliphatic hydroxyl groups excluding tert-OH is 3. The average Bonchev–Trinajstić information content (AvgIpc) is 3.29. The van der Waals surface area contributed by atoms with Crippen molar-refractivity contribution in [1.82, 2.24) is 0 Å². The van der Waals surface area contributed by atoms with E-state index in [4.69, 9.17) is 34.6 Å². The molecule has 0 spiro atoms. The van der Waals surface area contributed by atoms with Crippen LogP contribution in [-0.4, -0.2) is 65.7 Å². The number of aliphatic hydroxyl groups is 4. The molecule has 0 saturated carbocycles. The van der Waals surface area contributed by atoms with Crippen LogP contribution in [0, 0.1) is 0 Å². The lowest BCUT2D eigenvalue weighted by molar-refractivity contribution is -0.178. The highest BCUT2D eigenvalue weighted by Gasteiger charge is 2.18. The summed E-state index contributed by atoms with van der Waals surface area (Å²) in [7, 11) is 0. The van der Waals surface area contributed by atoms with Gasteiger partial charge in [0.1, 0.15) is 13.6 Å². The normalized spacial score (nSPS) is 18.7. The summed E-state index contributed by atoms with van der Waals surface area (Å²) in [5.41, 5.74) is 0. The van der Waals surface area contributed by atoms with E-state index in [1.807, 2.05) is 13.8 Å². The van der Waals surface area contributed by atoms with Gasteiger partial charge < -0.3 is 34.6 Å². The van der Waals surface area contributed by atoms with Crippen LogP contribution in [0.5, 0.6) is 0 Å². The Morgan fingerprint density at radius 1 is 1.19 bits per heavy atom. The van der Waals surface area contributed by atoms with Crippen LogP contribution in [0.1, 0.15) is 46.5 Å². The van der Waals surface area contributed by atoms with E-state index in [0.717, 1.165) is 13.0 Å². The molecule has 4 N–H and O–H groups in total. The molecule has 0 aliphatic carbocycles. The maximum atomic E-state index is 9.11. The van der Waals surface area contributed by atoms with Gasteiger partial charge in [0.05, 0.1) is 25.4 Å². The summed E-state index contributed by atoms with van der Waals surface area (Å²) in [5.74, 6) is 0. The van der Waals surface area contributed by atoms with Crippen molar-refractivity contribution in [3.8, 4) is 0 Å². The summed E-state index contributed by atoms with van der Waals surface area (Å²) in [6.45, 7) is 6.54. The Labute approximate surface area is 127 Å². The van der Waals surface area contributed by atoms with Crippen molar-refractivity contribution < 1.29 is 34.6 Å². The summed E-state index contributed by atoms with van der Waals surface area (Å²) < 4.78 is 14.7. The van der Waals surface area contributed by atoms with Gasteiger partial charge in [0, 0.05) is 0 Å². The monoisotopic (exact) mass is 312 g/mol. The van der Waals surface area contributed by atoms with Crippen LogP contribution in [0.25, 0.3) is 0 Å².